The summed E-state index contributed by atoms with van der Waals surface area (Å²) in [6.07, 6.45) is 2.88. The summed E-state index contributed by atoms with van der Waals surface area (Å²) in [7, 11) is 0. The minimum atomic E-state index is -0.0733. The second-order valence-corrected chi connectivity index (χ2v) is 7.26. The summed E-state index contributed by atoms with van der Waals surface area (Å²) in [4.78, 5) is 13.0. The third kappa shape index (κ3) is 3.45. The van der Waals surface area contributed by atoms with E-state index in [-0.39, 0.29) is 5.91 Å². The van der Waals surface area contributed by atoms with Crippen LogP contribution in [-0.4, -0.2) is 11.6 Å². The number of aryl methyl sites for hydroxylation is 3. The summed E-state index contributed by atoms with van der Waals surface area (Å²) in [5, 5.41) is 6.08. The third-order valence-electron chi connectivity index (χ3n) is 4.41. The van der Waals surface area contributed by atoms with E-state index in [4.69, 9.17) is 0 Å². The van der Waals surface area contributed by atoms with Crippen molar-refractivity contribution in [2.45, 2.75) is 34.1 Å². The molecule has 1 aliphatic rings. The number of anilines is 1. The van der Waals surface area contributed by atoms with Gasteiger partial charge in [0, 0.05) is 4.47 Å². The first-order valence-corrected chi connectivity index (χ1v) is 9.17. The monoisotopic (exact) mass is 396 g/mol. The van der Waals surface area contributed by atoms with Gasteiger partial charge >= 0.3 is 0 Å². The highest BCUT2D eigenvalue weighted by molar-refractivity contribution is 9.10. The molecule has 2 aromatic rings. The second-order valence-electron chi connectivity index (χ2n) is 6.34. The molecule has 0 radical (unpaired) electrons. The molecule has 1 aliphatic heterocycles. The van der Waals surface area contributed by atoms with Gasteiger partial charge in [-0.05, 0) is 67.7 Å². The SMILES string of the molecule is CCc1cc(C)c(N2N=C(C)C(=Cc3ccc(Br)cc3)C2=O)c(C)c1. The van der Waals surface area contributed by atoms with Gasteiger partial charge < -0.3 is 0 Å². The van der Waals surface area contributed by atoms with E-state index in [0.717, 1.165) is 39.0 Å². The van der Waals surface area contributed by atoms with E-state index < -0.39 is 0 Å². The predicted molar refractivity (Wildman–Crippen MR) is 108 cm³/mol. The number of amides is 1. The molecule has 0 atom stereocenters. The molecular weight excluding hydrogens is 376 g/mol. The summed E-state index contributed by atoms with van der Waals surface area (Å²) in [6, 6.07) is 12.2. The van der Waals surface area contributed by atoms with Crippen LogP contribution in [0.25, 0.3) is 6.08 Å². The number of carbonyl (C=O) groups is 1. The normalized spacial score (nSPS) is 15.9. The van der Waals surface area contributed by atoms with E-state index in [9.17, 15) is 4.79 Å². The first-order valence-electron chi connectivity index (χ1n) is 8.38. The van der Waals surface area contributed by atoms with Gasteiger partial charge in [-0.15, -0.1) is 0 Å². The Balaban J connectivity index is 2.00. The van der Waals surface area contributed by atoms with Gasteiger partial charge in [0.25, 0.3) is 5.91 Å². The van der Waals surface area contributed by atoms with Crippen LogP contribution in [0.1, 0.15) is 36.1 Å². The van der Waals surface area contributed by atoms with Crippen molar-refractivity contribution < 1.29 is 4.79 Å². The molecule has 0 saturated heterocycles. The minimum absolute atomic E-state index is 0.0733. The molecule has 0 fully saturated rings. The molecule has 1 heterocycles. The van der Waals surface area contributed by atoms with Crippen molar-refractivity contribution >= 4 is 39.3 Å². The lowest BCUT2D eigenvalue weighted by Crippen LogP contribution is -2.23. The topological polar surface area (TPSA) is 32.7 Å². The first-order chi connectivity index (χ1) is 11.9. The fraction of sp³-hybridized carbons (Fsp3) is 0.238. The molecule has 25 heavy (non-hydrogen) atoms. The molecule has 3 rings (SSSR count). The van der Waals surface area contributed by atoms with Crippen LogP contribution in [0.4, 0.5) is 5.69 Å². The lowest BCUT2D eigenvalue weighted by atomic mass is 10.0. The molecule has 4 heteroatoms. The number of hydrogen-bond acceptors (Lipinski definition) is 2. The van der Waals surface area contributed by atoms with E-state index in [1.54, 1.807) is 5.01 Å². The van der Waals surface area contributed by atoms with Crippen LogP contribution in [0.5, 0.6) is 0 Å². The minimum Gasteiger partial charge on any atom is -0.267 e. The molecule has 3 nitrogen and oxygen atoms in total. The van der Waals surface area contributed by atoms with Crippen LogP contribution in [0, 0.1) is 13.8 Å². The molecule has 1 amide bonds. The van der Waals surface area contributed by atoms with Crippen LogP contribution in [0.2, 0.25) is 0 Å². The second kappa shape index (κ2) is 6.96. The van der Waals surface area contributed by atoms with Crippen molar-refractivity contribution in [3.05, 3.63) is 68.7 Å². The van der Waals surface area contributed by atoms with Crippen LogP contribution in [0.15, 0.2) is 51.5 Å². The Hall–Kier alpha value is -2.20. The van der Waals surface area contributed by atoms with Crippen LogP contribution in [0.3, 0.4) is 0 Å². The summed E-state index contributed by atoms with van der Waals surface area (Å²) in [5.41, 5.74) is 6.68. The molecular formula is C21H21BrN2O. The number of hydrazone groups is 1. The number of halogens is 1. The van der Waals surface area contributed by atoms with Crippen molar-refractivity contribution in [1.82, 2.24) is 0 Å². The lowest BCUT2D eigenvalue weighted by molar-refractivity contribution is -0.114. The van der Waals surface area contributed by atoms with Gasteiger partial charge in [0.1, 0.15) is 0 Å². The van der Waals surface area contributed by atoms with E-state index in [1.807, 2.05) is 51.1 Å². The largest absolute Gasteiger partial charge is 0.280 e. The standard InChI is InChI=1S/C21H21BrN2O/c1-5-16-10-13(2)20(14(3)11-16)24-21(25)19(15(4)23-24)12-17-6-8-18(22)9-7-17/h6-12H,5H2,1-4H3. The van der Waals surface area contributed by atoms with Crippen molar-refractivity contribution in [3.63, 3.8) is 0 Å². The Morgan fingerprint density at radius 3 is 2.24 bits per heavy atom. The Bertz CT molecular complexity index is 872. The smallest absolute Gasteiger partial charge is 0.267 e. The lowest BCUT2D eigenvalue weighted by Gasteiger charge is -2.18. The van der Waals surface area contributed by atoms with Gasteiger partial charge in [-0.1, -0.05) is 47.1 Å². The summed E-state index contributed by atoms with van der Waals surface area (Å²) in [5.74, 6) is -0.0733. The van der Waals surface area contributed by atoms with Gasteiger partial charge in [-0.3, -0.25) is 4.79 Å². The fourth-order valence-corrected chi connectivity index (χ4v) is 3.41. The maximum Gasteiger partial charge on any atom is 0.280 e. The fourth-order valence-electron chi connectivity index (χ4n) is 3.15. The highest BCUT2D eigenvalue weighted by Gasteiger charge is 2.30. The molecule has 0 unspecified atom stereocenters. The van der Waals surface area contributed by atoms with Crippen LogP contribution >= 0.6 is 15.9 Å². The summed E-state index contributed by atoms with van der Waals surface area (Å²) < 4.78 is 1.02. The molecule has 0 saturated carbocycles. The predicted octanol–water partition coefficient (Wildman–Crippen LogP) is 5.43. The maximum atomic E-state index is 13.0. The van der Waals surface area contributed by atoms with Gasteiger partial charge in [-0.2, -0.15) is 10.1 Å². The molecule has 2 aromatic carbocycles. The van der Waals surface area contributed by atoms with Crippen LogP contribution < -0.4 is 5.01 Å². The third-order valence-corrected chi connectivity index (χ3v) is 4.94. The number of carbonyl (C=O) groups excluding carboxylic acids is 1. The molecule has 0 spiro atoms. The van der Waals surface area contributed by atoms with Crippen LogP contribution in [-0.2, 0) is 11.2 Å². The molecule has 0 bridgehead atoms. The molecule has 0 aromatic heterocycles. The van der Waals surface area contributed by atoms with Crippen molar-refractivity contribution in [3.8, 4) is 0 Å². The maximum absolute atomic E-state index is 13.0. The van der Waals surface area contributed by atoms with E-state index in [0.29, 0.717) is 5.57 Å². The number of benzene rings is 2. The average molecular weight is 397 g/mol. The number of hydrogen-bond donors (Lipinski definition) is 0. The zero-order valence-electron chi connectivity index (χ0n) is 14.9. The molecule has 128 valence electrons. The summed E-state index contributed by atoms with van der Waals surface area (Å²) >= 11 is 3.43. The Kier molecular flexibility index (Phi) is 4.91. The number of rotatable bonds is 3. The quantitative estimate of drug-likeness (QED) is 0.636. The number of nitrogens with zero attached hydrogens (tertiary/aromatic N) is 2. The van der Waals surface area contributed by atoms with Crippen molar-refractivity contribution in [1.29, 1.82) is 0 Å². The Morgan fingerprint density at radius 2 is 1.68 bits per heavy atom. The molecule has 0 aliphatic carbocycles. The van der Waals surface area contributed by atoms with Gasteiger partial charge in [-0.25, -0.2) is 0 Å². The average Bonchev–Trinajstić information content (AvgIpc) is 2.84. The summed E-state index contributed by atoms with van der Waals surface area (Å²) in [6.45, 7) is 8.09. The van der Waals surface area contributed by atoms with Gasteiger partial charge in [0.15, 0.2) is 0 Å². The van der Waals surface area contributed by atoms with Crippen molar-refractivity contribution in [2.24, 2.45) is 5.10 Å². The highest BCUT2D eigenvalue weighted by Crippen LogP contribution is 2.32. The van der Waals surface area contributed by atoms with E-state index in [2.05, 4.69) is 40.1 Å². The van der Waals surface area contributed by atoms with E-state index >= 15 is 0 Å². The Labute approximate surface area is 157 Å². The van der Waals surface area contributed by atoms with Gasteiger partial charge in [0.05, 0.1) is 17.0 Å². The zero-order chi connectivity index (χ0) is 18.1. The zero-order valence-corrected chi connectivity index (χ0v) is 16.5. The highest BCUT2D eigenvalue weighted by atomic mass is 79.9. The van der Waals surface area contributed by atoms with E-state index in [1.165, 1.54) is 5.56 Å². The van der Waals surface area contributed by atoms with Gasteiger partial charge in [0.2, 0.25) is 0 Å². The van der Waals surface area contributed by atoms with Crippen molar-refractivity contribution in [2.75, 3.05) is 5.01 Å². The molecule has 0 N–H and O–H groups in total. The Morgan fingerprint density at radius 1 is 1.08 bits per heavy atom. The first kappa shape index (κ1) is 17.6.